The summed E-state index contributed by atoms with van der Waals surface area (Å²) in [6.45, 7) is 5.84. The van der Waals surface area contributed by atoms with Crippen LogP contribution in [0.5, 0.6) is 0 Å². The van der Waals surface area contributed by atoms with Crippen LogP contribution in [0.1, 0.15) is 29.8 Å². The van der Waals surface area contributed by atoms with E-state index in [1.54, 1.807) is 25.1 Å². The molecule has 1 aromatic carbocycles. The molecule has 0 fully saturated rings. The number of aliphatic carboxylic acids is 1. The Labute approximate surface area is 106 Å². The topological polar surface area (TPSA) is 78.4 Å². The maximum absolute atomic E-state index is 11.6. The summed E-state index contributed by atoms with van der Waals surface area (Å²) in [7, 11) is 0. The lowest BCUT2D eigenvalue weighted by Gasteiger charge is -2.14. The third kappa shape index (κ3) is 3.48. The molecule has 1 amide bonds. The molecule has 98 valence electrons. The summed E-state index contributed by atoms with van der Waals surface area (Å²) in [6.07, 6.45) is 0. The smallest absolute Gasteiger partial charge is 0.325 e. The number of carbonyl (C=O) groups excluding carboxylic acids is 1. The van der Waals surface area contributed by atoms with Crippen molar-refractivity contribution in [3.8, 4) is 0 Å². The van der Waals surface area contributed by atoms with Crippen LogP contribution in [0.25, 0.3) is 0 Å². The summed E-state index contributed by atoms with van der Waals surface area (Å²) in [5.74, 6) is -1.04. The maximum Gasteiger partial charge on any atom is 0.325 e. The first kappa shape index (κ1) is 14.0. The highest BCUT2D eigenvalue weighted by Gasteiger charge is 2.12. The molecule has 5 nitrogen and oxygen atoms in total. The van der Waals surface area contributed by atoms with Gasteiger partial charge in [0, 0.05) is 17.8 Å². The van der Waals surface area contributed by atoms with Gasteiger partial charge in [-0.15, -0.1) is 0 Å². The van der Waals surface area contributed by atoms with Gasteiger partial charge in [-0.3, -0.25) is 9.59 Å². The predicted octanol–water partition coefficient (Wildman–Crippen LogP) is 1.63. The summed E-state index contributed by atoms with van der Waals surface area (Å²) in [5, 5.41) is 14.4. The molecule has 0 aliphatic heterocycles. The van der Waals surface area contributed by atoms with Crippen LogP contribution in [-0.2, 0) is 4.79 Å². The van der Waals surface area contributed by atoms with Crippen molar-refractivity contribution in [1.29, 1.82) is 0 Å². The molecule has 0 radical (unpaired) electrons. The number of hydrogen-bond donors (Lipinski definition) is 3. The van der Waals surface area contributed by atoms with Crippen LogP contribution < -0.4 is 10.6 Å². The molecule has 1 unspecified atom stereocenters. The fourth-order valence-corrected chi connectivity index (χ4v) is 1.52. The van der Waals surface area contributed by atoms with Gasteiger partial charge in [0.25, 0.3) is 5.91 Å². The highest BCUT2D eigenvalue weighted by molar-refractivity contribution is 5.95. The van der Waals surface area contributed by atoms with Gasteiger partial charge in [0.1, 0.15) is 6.04 Å². The lowest BCUT2D eigenvalue weighted by Crippen LogP contribution is -2.26. The second-order valence-corrected chi connectivity index (χ2v) is 4.09. The van der Waals surface area contributed by atoms with Crippen molar-refractivity contribution in [3.05, 3.63) is 29.3 Å². The molecule has 0 saturated heterocycles. The molecular weight excluding hydrogens is 232 g/mol. The predicted molar refractivity (Wildman–Crippen MR) is 69.9 cm³/mol. The van der Waals surface area contributed by atoms with E-state index in [-0.39, 0.29) is 5.91 Å². The zero-order valence-corrected chi connectivity index (χ0v) is 10.8. The van der Waals surface area contributed by atoms with Gasteiger partial charge >= 0.3 is 5.97 Å². The molecule has 0 aromatic heterocycles. The standard InChI is InChI=1S/C13H18N2O3/c1-4-14-12(16)10-5-6-11(8(2)7-10)15-9(3)13(17)18/h5-7,9,15H,4H2,1-3H3,(H,14,16)(H,17,18). The molecule has 0 spiro atoms. The maximum atomic E-state index is 11.6. The van der Waals surface area contributed by atoms with Crippen molar-refractivity contribution in [2.75, 3.05) is 11.9 Å². The number of anilines is 1. The molecule has 1 rings (SSSR count). The fourth-order valence-electron chi connectivity index (χ4n) is 1.52. The molecule has 0 bridgehead atoms. The monoisotopic (exact) mass is 250 g/mol. The Morgan fingerprint density at radius 2 is 2.06 bits per heavy atom. The molecule has 0 saturated carbocycles. The van der Waals surface area contributed by atoms with Gasteiger partial charge in [0.05, 0.1) is 0 Å². The highest BCUT2D eigenvalue weighted by Crippen LogP contribution is 2.17. The third-order valence-corrected chi connectivity index (χ3v) is 2.57. The van der Waals surface area contributed by atoms with Crippen LogP contribution in [0.15, 0.2) is 18.2 Å². The average Bonchev–Trinajstić information content (AvgIpc) is 2.31. The van der Waals surface area contributed by atoms with Crippen LogP contribution in [0.2, 0.25) is 0 Å². The van der Waals surface area contributed by atoms with E-state index in [2.05, 4.69) is 10.6 Å². The van der Waals surface area contributed by atoms with Gasteiger partial charge in [0.2, 0.25) is 0 Å². The van der Waals surface area contributed by atoms with Gasteiger partial charge in [-0.25, -0.2) is 0 Å². The quantitative estimate of drug-likeness (QED) is 0.742. The Morgan fingerprint density at radius 1 is 1.39 bits per heavy atom. The van der Waals surface area contributed by atoms with E-state index < -0.39 is 12.0 Å². The number of carboxylic acid groups (broad SMARTS) is 1. The summed E-state index contributed by atoms with van der Waals surface area (Å²) >= 11 is 0. The Kier molecular flexibility index (Phi) is 4.71. The number of hydrogen-bond acceptors (Lipinski definition) is 3. The lowest BCUT2D eigenvalue weighted by molar-refractivity contribution is -0.137. The van der Waals surface area contributed by atoms with Crippen molar-refractivity contribution in [2.45, 2.75) is 26.8 Å². The van der Waals surface area contributed by atoms with Crippen molar-refractivity contribution in [2.24, 2.45) is 0 Å². The summed E-state index contributed by atoms with van der Waals surface area (Å²) < 4.78 is 0. The molecule has 0 aliphatic rings. The van der Waals surface area contributed by atoms with Crippen LogP contribution in [-0.4, -0.2) is 29.6 Å². The zero-order chi connectivity index (χ0) is 13.7. The molecule has 1 atom stereocenters. The first-order valence-corrected chi connectivity index (χ1v) is 5.84. The Balaban J connectivity index is 2.86. The van der Waals surface area contributed by atoms with E-state index in [9.17, 15) is 9.59 Å². The van der Waals surface area contributed by atoms with Gasteiger partial charge in [-0.1, -0.05) is 0 Å². The van der Waals surface area contributed by atoms with Gasteiger partial charge in [-0.2, -0.15) is 0 Å². The van der Waals surface area contributed by atoms with E-state index in [1.807, 2.05) is 13.8 Å². The SMILES string of the molecule is CCNC(=O)c1ccc(NC(C)C(=O)O)c(C)c1. The number of nitrogens with one attached hydrogen (secondary N) is 2. The average molecular weight is 250 g/mol. The van der Waals surface area contributed by atoms with Crippen molar-refractivity contribution in [1.82, 2.24) is 5.32 Å². The summed E-state index contributed by atoms with van der Waals surface area (Å²) in [5.41, 5.74) is 2.13. The van der Waals surface area contributed by atoms with E-state index in [0.29, 0.717) is 12.1 Å². The highest BCUT2D eigenvalue weighted by atomic mass is 16.4. The second-order valence-electron chi connectivity index (χ2n) is 4.09. The molecule has 0 aliphatic carbocycles. The third-order valence-electron chi connectivity index (χ3n) is 2.57. The van der Waals surface area contributed by atoms with E-state index in [0.717, 1.165) is 11.3 Å². The number of amides is 1. The van der Waals surface area contributed by atoms with Crippen LogP contribution in [0, 0.1) is 6.92 Å². The van der Waals surface area contributed by atoms with Crippen molar-refractivity contribution in [3.63, 3.8) is 0 Å². The number of aryl methyl sites for hydroxylation is 1. The van der Waals surface area contributed by atoms with Gasteiger partial charge in [0.15, 0.2) is 0 Å². The van der Waals surface area contributed by atoms with Gasteiger partial charge in [-0.05, 0) is 44.5 Å². The van der Waals surface area contributed by atoms with E-state index in [4.69, 9.17) is 5.11 Å². The minimum Gasteiger partial charge on any atom is -0.480 e. The largest absolute Gasteiger partial charge is 0.480 e. The molecule has 3 N–H and O–H groups in total. The number of carbonyl (C=O) groups is 2. The van der Waals surface area contributed by atoms with Crippen LogP contribution in [0.4, 0.5) is 5.69 Å². The minimum absolute atomic E-state index is 0.126. The minimum atomic E-state index is -0.915. The first-order valence-electron chi connectivity index (χ1n) is 5.84. The van der Waals surface area contributed by atoms with Crippen molar-refractivity contribution >= 4 is 17.6 Å². The van der Waals surface area contributed by atoms with E-state index >= 15 is 0 Å². The molecule has 5 heteroatoms. The Bertz CT molecular complexity index is 458. The summed E-state index contributed by atoms with van der Waals surface area (Å²) in [4.78, 5) is 22.4. The first-order chi connectivity index (χ1) is 8.45. The molecular formula is C13H18N2O3. The van der Waals surface area contributed by atoms with Crippen molar-refractivity contribution < 1.29 is 14.7 Å². The fraction of sp³-hybridized carbons (Fsp3) is 0.385. The number of carboxylic acids is 1. The van der Waals surface area contributed by atoms with Gasteiger partial charge < -0.3 is 15.7 Å². The Hall–Kier alpha value is -2.04. The Morgan fingerprint density at radius 3 is 2.56 bits per heavy atom. The molecule has 1 aromatic rings. The normalized spacial score (nSPS) is 11.7. The van der Waals surface area contributed by atoms with Crippen LogP contribution in [0.3, 0.4) is 0 Å². The molecule has 18 heavy (non-hydrogen) atoms. The second kappa shape index (κ2) is 6.05. The lowest BCUT2D eigenvalue weighted by atomic mass is 10.1. The van der Waals surface area contributed by atoms with E-state index in [1.165, 1.54) is 0 Å². The van der Waals surface area contributed by atoms with Crippen LogP contribution >= 0.6 is 0 Å². The molecule has 0 heterocycles. The number of benzene rings is 1. The zero-order valence-electron chi connectivity index (χ0n) is 10.8. The summed E-state index contributed by atoms with van der Waals surface area (Å²) in [6, 6.07) is 4.47. The number of rotatable bonds is 5.